The van der Waals surface area contributed by atoms with E-state index in [0.29, 0.717) is 29.2 Å². The van der Waals surface area contributed by atoms with Crippen molar-refractivity contribution in [1.82, 2.24) is 14.9 Å². The van der Waals surface area contributed by atoms with E-state index in [9.17, 15) is 9.59 Å². The Morgan fingerprint density at radius 3 is 2.57 bits per heavy atom. The molecule has 0 unspecified atom stereocenters. The molecular formula is C23H29N3O4. The molecule has 2 heterocycles. The molecule has 2 N–H and O–H groups in total. The Morgan fingerprint density at radius 2 is 1.90 bits per heavy atom. The smallest absolute Gasteiger partial charge is 0.256 e. The molecule has 3 aromatic rings. The van der Waals surface area contributed by atoms with E-state index in [1.165, 1.54) is 7.11 Å². The number of aryl methyl sites for hydroxylation is 1. The van der Waals surface area contributed by atoms with Gasteiger partial charge in [0.2, 0.25) is 0 Å². The Bertz CT molecular complexity index is 1140. The van der Waals surface area contributed by atoms with Gasteiger partial charge in [0.1, 0.15) is 5.75 Å². The monoisotopic (exact) mass is 411 g/mol. The molecule has 0 aliphatic carbocycles. The van der Waals surface area contributed by atoms with Crippen molar-refractivity contribution < 1.29 is 14.3 Å². The van der Waals surface area contributed by atoms with Crippen molar-refractivity contribution in [2.75, 3.05) is 20.8 Å². The number of hydrogen-bond donors (Lipinski definition) is 2. The van der Waals surface area contributed by atoms with Crippen molar-refractivity contribution in [2.24, 2.45) is 0 Å². The molecule has 3 rings (SSSR count). The van der Waals surface area contributed by atoms with E-state index in [1.54, 1.807) is 20.1 Å². The molecule has 0 bridgehead atoms. The molecule has 7 nitrogen and oxygen atoms in total. The number of amides is 1. The molecule has 30 heavy (non-hydrogen) atoms. The number of fused-ring (bicyclic) bond motifs is 1. The summed E-state index contributed by atoms with van der Waals surface area (Å²) in [5.74, 6) is 0.217. The number of methoxy groups -OCH3 is 2. The number of H-pyrrole nitrogens is 1. The molecule has 0 saturated heterocycles. The number of carbonyl (C=O) groups is 1. The minimum atomic E-state index is -0.339. The second kappa shape index (κ2) is 8.36. The number of para-hydroxylation sites is 1. The fourth-order valence-corrected chi connectivity index (χ4v) is 4.14. The number of nitrogens with one attached hydrogen (secondary N) is 2. The summed E-state index contributed by atoms with van der Waals surface area (Å²) in [7, 11) is 3.18. The maximum absolute atomic E-state index is 13.2. The minimum Gasteiger partial charge on any atom is -0.496 e. The molecule has 0 atom stereocenters. The van der Waals surface area contributed by atoms with Crippen molar-refractivity contribution in [3.63, 3.8) is 0 Å². The highest BCUT2D eigenvalue weighted by Gasteiger charge is 2.28. The molecule has 7 heteroatoms. The Hall–Kier alpha value is -3.06. The molecular weight excluding hydrogens is 382 g/mol. The van der Waals surface area contributed by atoms with E-state index in [-0.39, 0.29) is 23.6 Å². The molecule has 1 amide bonds. The largest absolute Gasteiger partial charge is 0.496 e. The third-order valence-electron chi connectivity index (χ3n) is 5.32. The van der Waals surface area contributed by atoms with Gasteiger partial charge >= 0.3 is 0 Å². The third kappa shape index (κ3) is 3.85. The average molecular weight is 412 g/mol. The topological polar surface area (TPSA) is 85.3 Å². The Balaban J connectivity index is 2.01. The van der Waals surface area contributed by atoms with Crippen LogP contribution in [-0.2, 0) is 16.8 Å². The zero-order valence-electron chi connectivity index (χ0n) is 18.4. The minimum absolute atomic E-state index is 0.0675. The molecule has 0 aliphatic rings. The van der Waals surface area contributed by atoms with Gasteiger partial charge in [-0.2, -0.15) is 0 Å². The van der Waals surface area contributed by atoms with Crippen LogP contribution in [0, 0.1) is 13.8 Å². The summed E-state index contributed by atoms with van der Waals surface area (Å²) in [6.45, 7) is 8.45. The quantitative estimate of drug-likeness (QED) is 0.625. The summed E-state index contributed by atoms with van der Waals surface area (Å²) in [6.07, 6.45) is 0. The maximum Gasteiger partial charge on any atom is 0.256 e. The van der Waals surface area contributed by atoms with E-state index in [0.717, 1.165) is 16.6 Å². The van der Waals surface area contributed by atoms with Gasteiger partial charge in [0.05, 0.1) is 36.9 Å². The Labute approximate surface area is 176 Å². The molecule has 1 aromatic carbocycles. The van der Waals surface area contributed by atoms with Crippen LogP contribution in [0.1, 0.15) is 41.2 Å². The van der Waals surface area contributed by atoms with Gasteiger partial charge in [0, 0.05) is 29.4 Å². The van der Waals surface area contributed by atoms with Gasteiger partial charge in [-0.1, -0.05) is 18.2 Å². The van der Waals surface area contributed by atoms with E-state index >= 15 is 0 Å². The fourth-order valence-electron chi connectivity index (χ4n) is 4.14. The predicted octanol–water partition coefficient (Wildman–Crippen LogP) is 3.27. The number of benzene rings is 1. The van der Waals surface area contributed by atoms with E-state index < -0.39 is 0 Å². The molecule has 0 fully saturated rings. The van der Waals surface area contributed by atoms with Crippen LogP contribution < -0.4 is 15.6 Å². The lowest BCUT2D eigenvalue weighted by Crippen LogP contribution is -2.33. The van der Waals surface area contributed by atoms with Crippen LogP contribution >= 0.6 is 0 Å². The highest BCUT2D eigenvalue weighted by atomic mass is 16.5. The summed E-state index contributed by atoms with van der Waals surface area (Å²) in [4.78, 5) is 28.3. The van der Waals surface area contributed by atoms with Gasteiger partial charge in [-0.3, -0.25) is 9.59 Å². The lowest BCUT2D eigenvalue weighted by atomic mass is 10.1. The lowest BCUT2D eigenvalue weighted by molar-refractivity contribution is 0.0947. The first-order valence-electron chi connectivity index (χ1n) is 9.85. The van der Waals surface area contributed by atoms with Crippen molar-refractivity contribution in [3.05, 3.63) is 63.2 Å². The fraction of sp³-hybridized carbons (Fsp3) is 0.391. The van der Waals surface area contributed by atoms with Gasteiger partial charge in [0.25, 0.3) is 11.5 Å². The number of aromatic amines is 1. The van der Waals surface area contributed by atoms with Gasteiger partial charge in [0.15, 0.2) is 0 Å². The van der Waals surface area contributed by atoms with E-state index in [4.69, 9.17) is 9.47 Å². The molecule has 160 valence electrons. The first kappa shape index (κ1) is 21.6. The van der Waals surface area contributed by atoms with Crippen molar-refractivity contribution >= 4 is 16.8 Å². The second-order valence-corrected chi connectivity index (χ2v) is 8.07. The van der Waals surface area contributed by atoms with Crippen LogP contribution in [0.5, 0.6) is 5.75 Å². The lowest BCUT2D eigenvalue weighted by Gasteiger charge is -2.29. The van der Waals surface area contributed by atoms with E-state index in [1.807, 2.05) is 31.2 Å². The maximum atomic E-state index is 13.2. The SMILES string of the molecule is COCC(C)(C)n1c(C)c(C(=O)NCc2c(OC)cc(C)[nH]c2=O)c2ccccc21. The van der Waals surface area contributed by atoms with Crippen molar-refractivity contribution in [3.8, 4) is 5.75 Å². The van der Waals surface area contributed by atoms with Gasteiger partial charge in [-0.05, 0) is 39.8 Å². The van der Waals surface area contributed by atoms with Crippen LogP contribution in [0.3, 0.4) is 0 Å². The van der Waals surface area contributed by atoms with Crippen LogP contribution in [0.4, 0.5) is 0 Å². The van der Waals surface area contributed by atoms with Crippen molar-refractivity contribution in [1.29, 1.82) is 0 Å². The molecule has 0 spiro atoms. The standard InChI is InChI=1S/C23H29N3O4/c1-14-11-19(30-6)17(21(27)25-14)12-24-22(28)20-15(2)26(23(3,4)13-29-5)18-10-8-7-9-16(18)20/h7-11H,12-13H2,1-6H3,(H,24,28)(H,25,27). The first-order valence-corrected chi connectivity index (χ1v) is 9.85. The van der Waals surface area contributed by atoms with E-state index in [2.05, 4.69) is 28.7 Å². The third-order valence-corrected chi connectivity index (χ3v) is 5.32. The summed E-state index contributed by atoms with van der Waals surface area (Å²) in [5, 5.41) is 3.76. The summed E-state index contributed by atoms with van der Waals surface area (Å²) >= 11 is 0. The number of aromatic nitrogens is 2. The number of ether oxygens (including phenoxy) is 2. The van der Waals surface area contributed by atoms with Crippen LogP contribution in [0.2, 0.25) is 0 Å². The summed E-state index contributed by atoms with van der Waals surface area (Å²) in [6, 6.07) is 9.56. The summed E-state index contributed by atoms with van der Waals surface area (Å²) < 4.78 is 12.9. The highest BCUT2D eigenvalue weighted by molar-refractivity contribution is 6.08. The Kier molecular flexibility index (Phi) is 6.03. The van der Waals surface area contributed by atoms with Gasteiger partial charge in [-0.15, -0.1) is 0 Å². The Morgan fingerprint density at radius 1 is 1.20 bits per heavy atom. The zero-order chi connectivity index (χ0) is 22.1. The van der Waals surface area contributed by atoms with Crippen LogP contribution in [0.25, 0.3) is 10.9 Å². The summed E-state index contributed by atoms with van der Waals surface area (Å²) in [5.41, 5.74) is 2.89. The number of nitrogens with zero attached hydrogens (tertiary/aromatic N) is 1. The first-order chi connectivity index (χ1) is 14.2. The van der Waals surface area contributed by atoms with Gasteiger partial charge in [-0.25, -0.2) is 0 Å². The number of hydrogen-bond acceptors (Lipinski definition) is 4. The molecule has 2 aromatic heterocycles. The molecule has 0 aliphatic heterocycles. The zero-order valence-corrected chi connectivity index (χ0v) is 18.4. The molecule has 0 radical (unpaired) electrons. The average Bonchev–Trinajstić information content (AvgIpc) is 2.99. The molecule has 0 saturated carbocycles. The normalized spacial score (nSPS) is 11.7. The number of pyridine rings is 1. The highest BCUT2D eigenvalue weighted by Crippen LogP contribution is 2.32. The number of carbonyl (C=O) groups excluding carboxylic acids is 1. The van der Waals surface area contributed by atoms with Crippen molar-refractivity contribution in [2.45, 2.75) is 39.8 Å². The predicted molar refractivity (Wildman–Crippen MR) is 117 cm³/mol. The second-order valence-electron chi connectivity index (χ2n) is 8.07. The van der Waals surface area contributed by atoms with Crippen LogP contribution in [0.15, 0.2) is 35.1 Å². The van der Waals surface area contributed by atoms with Gasteiger partial charge < -0.3 is 24.3 Å². The number of rotatable bonds is 7. The van der Waals surface area contributed by atoms with Crippen LogP contribution in [-0.4, -0.2) is 36.3 Å².